The molecular formula is C12H14ClN3O. The summed E-state index contributed by atoms with van der Waals surface area (Å²) < 4.78 is 5.10. The number of hydrogen-bond acceptors (Lipinski definition) is 4. The number of halogens is 1. The first kappa shape index (κ1) is 13.4. The van der Waals surface area contributed by atoms with Crippen LogP contribution in [0.5, 0.6) is 5.75 Å². The summed E-state index contributed by atoms with van der Waals surface area (Å²) in [5.74, 6) is 0.830. The lowest BCUT2D eigenvalue weighted by atomic mass is 10.1. The van der Waals surface area contributed by atoms with Gasteiger partial charge in [0.25, 0.3) is 0 Å². The van der Waals surface area contributed by atoms with Gasteiger partial charge in [-0.2, -0.15) is 0 Å². The normalized spacial score (nSPS) is 9.53. The second-order valence-electron chi connectivity index (χ2n) is 3.33. The van der Waals surface area contributed by atoms with Crippen LogP contribution in [0, 0.1) is 0 Å². The largest absolute Gasteiger partial charge is 0.497 e. The van der Waals surface area contributed by atoms with Crippen molar-refractivity contribution in [1.82, 2.24) is 9.97 Å². The average Bonchev–Trinajstić information content (AvgIpc) is 2.39. The van der Waals surface area contributed by atoms with E-state index in [4.69, 9.17) is 10.5 Å². The zero-order valence-corrected chi connectivity index (χ0v) is 10.3. The van der Waals surface area contributed by atoms with Crippen LogP contribution in [0.3, 0.4) is 0 Å². The molecule has 0 aliphatic carbocycles. The topological polar surface area (TPSA) is 61.0 Å². The molecule has 5 heteroatoms. The van der Waals surface area contributed by atoms with E-state index >= 15 is 0 Å². The number of nitrogens with two attached hydrogens (primary N) is 1. The summed E-state index contributed by atoms with van der Waals surface area (Å²) >= 11 is 0. The maximum absolute atomic E-state index is 5.53. The molecule has 4 nitrogen and oxygen atoms in total. The number of hydrogen-bond donors (Lipinski definition) is 1. The van der Waals surface area contributed by atoms with E-state index in [-0.39, 0.29) is 12.4 Å². The van der Waals surface area contributed by atoms with Crippen molar-refractivity contribution in [3.63, 3.8) is 0 Å². The highest BCUT2D eigenvalue weighted by molar-refractivity contribution is 5.85. The molecule has 0 saturated carbocycles. The highest BCUT2D eigenvalue weighted by Gasteiger charge is 2.01. The molecule has 17 heavy (non-hydrogen) atoms. The summed E-state index contributed by atoms with van der Waals surface area (Å²) in [6, 6.07) is 9.61. The van der Waals surface area contributed by atoms with Crippen molar-refractivity contribution in [3.8, 4) is 17.0 Å². The first-order valence-electron chi connectivity index (χ1n) is 4.99. The van der Waals surface area contributed by atoms with E-state index in [0.717, 1.165) is 22.7 Å². The van der Waals surface area contributed by atoms with Gasteiger partial charge in [-0.05, 0) is 30.3 Å². The second-order valence-corrected chi connectivity index (χ2v) is 3.33. The van der Waals surface area contributed by atoms with Crippen LogP contribution in [0.25, 0.3) is 11.3 Å². The van der Waals surface area contributed by atoms with E-state index in [9.17, 15) is 0 Å². The van der Waals surface area contributed by atoms with Crippen LogP contribution >= 0.6 is 12.4 Å². The minimum atomic E-state index is 0. The van der Waals surface area contributed by atoms with E-state index < -0.39 is 0 Å². The average molecular weight is 252 g/mol. The van der Waals surface area contributed by atoms with Crippen molar-refractivity contribution in [2.24, 2.45) is 5.73 Å². The first-order chi connectivity index (χ1) is 7.83. The van der Waals surface area contributed by atoms with Crippen LogP contribution in [0.4, 0.5) is 0 Å². The molecule has 2 rings (SSSR count). The van der Waals surface area contributed by atoms with Gasteiger partial charge in [0.2, 0.25) is 0 Å². The summed E-state index contributed by atoms with van der Waals surface area (Å²) in [5, 5.41) is 0. The number of aromatic nitrogens is 2. The van der Waals surface area contributed by atoms with Gasteiger partial charge in [-0.15, -0.1) is 12.4 Å². The maximum Gasteiger partial charge on any atom is 0.118 e. The Morgan fingerprint density at radius 2 is 1.88 bits per heavy atom. The summed E-state index contributed by atoms with van der Waals surface area (Å²) in [4.78, 5) is 8.26. The van der Waals surface area contributed by atoms with Crippen molar-refractivity contribution >= 4 is 12.4 Å². The predicted octanol–water partition coefficient (Wildman–Crippen LogP) is 2.03. The van der Waals surface area contributed by atoms with E-state index in [1.807, 2.05) is 30.3 Å². The molecule has 2 N–H and O–H groups in total. The Morgan fingerprint density at radius 1 is 1.18 bits per heavy atom. The Morgan fingerprint density at radius 3 is 2.47 bits per heavy atom. The third-order valence-electron chi connectivity index (χ3n) is 2.32. The third kappa shape index (κ3) is 3.15. The monoisotopic (exact) mass is 251 g/mol. The molecular weight excluding hydrogens is 238 g/mol. The number of benzene rings is 1. The number of methoxy groups -OCH3 is 1. The number of ether oxygens (including phenoxy) is 1. The van der Waals surface area contributed by atoms with Gasteiger partial charge in [0.1, 0.15) is 12.1 Å². The molecule has 0 fully saturated rings. The van der Waals surface area contributed by atoms with Crippen LogP contribution in [0.2, 0.25) is 0 Å². The van der Waals surface area contributed by atoms with Crippen LogP contribution in [0.15, 0.2) is 36.7 Å². The lowest BCUT2D eigenvalue weighted by Crippen LogP contribution is -2.00. The Balaban J connectivity index is 0.00000144. The summed E-state index contributed by atoms with van der Waals surface area (Å²) in [7, 11) is 1.65. The van der Waals surface area contributed by atoms with Crippen LogP contribution in [-0.4, -0.2) is 17.1 Å². The van der Waals surface area contributed by atoms with Crippen LogP contribution < -0.4 is 10.5 Å². The molecule has 2 aromatic rings. The molecule has 0 aliphatic heterocycles. The first-order valence-corrected chi connectivity index (χ1v) is 4.99. The van der Waals surface area contributed by atoms with Gasteiger partial charge in [0.05, 0.1) is 18.5 Å². The minimum absolute atomic E-state index is 0. The summed E-state index contributed by atoms with van der Waals surface area (Å²) in [6.45, 7) is 0.422. The molecule has 0 bridgehead atoms. The van der Waals surface area contributed by atoms with Gasteiger partial charge in [-0.1, -0.05) is 0 Å². The molecule has 0 aliphatic rings. The molecule has 0 spiro atoms. The van der Waals surface area contributed by atoms with Crippen LogP contribution in [-0.2, 0) is 6.54 Å². The Kier molecular flexibility index (Phi) is 4.87. The van der Waals surface area contributed by atoms with E-state index in [1.54, 1.807) is 7.11 Å². The van der Waals surface area contributed by atoms with Gasteiger partial charge in [0, 0.05) is 12.1 Å². The standard InChI is InChI=1S/C12H13N3O.ClH/c1-16-11-4-2-9(3-5-11)12-6-10(7-13)14-8-15-12;/h2-6,8H,7,13H2,1H3;1H. The van der Waals surface area contributed by atoms with Crippen molar-refractivity contribution in [1.29, 1.82) is 0 Å². The minimum Gasteiger partial charge on any atom is -0.497 e. The molecule has 0 saturated heterocycles. The van der Waals surface area contributed by atoms with Gasteiger partial charge < -0.3 is 10.5 Å². The Bertz CT molecular complexity index is 473. The maximum atomic E-state index is 5.53. The van der Waals surface area contributed by atoms with Crippen molar-refractivity contribution < 1.29 is 4.74 Å². The molecule has 0 atom stereocenters. The zero-order chi connectivity index (χ0) is 11.4. The SMILES string of the molecule is COc1ccc(-c2cc(CN)ncn2)cc1.Cl. The molecule has 0 amide bonds. The number of rotatable bonds is 3. The molecule has 90 valence electrons. The highest BCUT2D eigenvalue weighted by atomic mass is 35.5. The summed E-state index contributed by atoms with van der Waals surface area (Å²) in [5.41, 5.74) is 8.27. The third-order valence-corrected chi connectivity index (χ3v) is 2.32. The smallest absolute Gasteiger partial charge is 0.118 e. The van der Waals surface area contributed by atoms with Crippen molar-refractivity contribution in [2.45, 2.75) is 6.54 Å². The van der Waals surface area contributed by atoms with Crippen LogP contribution in [0.1, 0.15) is 5.69 Å². The lowest BCUT2D eigenvalue weighted by Gasteiger charge is -2.03. The van der Waals surface area contributed by atoms with E-state index in [0.29, 0.717) is 6.54 Å². The molecule has 1 aromatic carbocycles. The molecule has 1 heterocycles. The zero-order valence-electron chi connectivity index (χ0n) is 9.46. The predicted molar refractivity (Wildman–Crippen MR) is 69.2 cm³/mol. The fourth-order valence-electron chi connectivity index (χ4n) is 1.43. The van der Waals surface area contributed by atoms with Gasteiger partial charge >= 0.3 is 0 Å². The van der Waals surface area contributed by atoms with Crippen molar-refractivity contribution in [2.75, 3.05) is 7.11 Å². The number of nitrogens with zero attached hydrogens (tertiary/aromatic N) is 2. The van der Waals surface area contributed by atoms with E-state index in [2.05, 4.69) is 9.97 Å². The fraction of sp³-hybridized carbons (Fsp3) is 0.167. The lowest BCUT2D eigenvalue weighted by molar-refractivity contribution is 0.415. The highest BCUT2D eigenvalue weighted by Crippen LogP contribution is 2.20. The Labute approximate surface area is 106 Å². The summed E-state index contributed by atoms with van der Waals surface area (Å²) in [6.07, 6.45) is 1.53. The van der Waals surface area contributed by atoms with Gasteiger partial charge in [0.15, 0.2) is 0 Å². The van der Waals surface area contributed by atoms with Gasteiger partial charge in [-0.3, -0.25) is 0 Å². The van der Waals surface area contributed by atoms with Gasteiger partial charge in [-0.25, -0.2) is 9.97 Å². The Hall–Kier alpha value is -1.65. The molecule has 0 radical (unpaired) electrons. The quantitative estimate of drug-likeness (QED) is 0.907. The molecule has 0 unspecified atom stereocenters. The van der Waals surface area contributed by atoms with E-state index in [1.165, 1.54) is 6.33 Å². The second kappa shape index (κ2) is 6.18. The molecule has 1 aromatic heterocycles. The fourth-order valence-corrected chi connectivity index (χ4v) is 1.43. The van der Waals surface area contributed by atoms with Crippen molar-refractivity contribution in [3.05, 3.63) is 42.4 Å².